The molecule has 0 bridgehead atoms. The number of hydrogen-bond acceptors (Lipinski definition) is 0. The van der Waals surface area contributed by atoms with E-state index in [0.717, 1.165) is 0 Å². The smallest absolute Gasteiger partial charge is 0.652 e. The van der Waals surface area contributed by atoms with Crippen molar-refractivity contribution in [3.8, 4) is 0 Å². The molecular weight excluding hydrogens is 131 g/mol. The van der Waals surface area contributed by atoms with Gasteiger partial charge in [0.05, 0.1) is 0 Å². The summed E-state index contributed by atoms with van der Waals surface area (Å²) in [6.45, 7) is 4.22. The van der Waals surface area contributed by atoms with Gasteiger partial charge in [-0.1, -0.05) is 29.3 Å². The van der Waals surface area contributed by atoms with Crippen LogP contribution in [0.5, 0.6) is 0 Å². The van der Waals surface area contributed by atoms with Crippen LogP contribution in [0.4, 0.5) is 0 Å². The molecule has 46 valence electrons. The van der Waals surface area contributed by atoms with Crippen LogP contribution in [-0.2, 0) is 0 Å². The second kappa shape index (κ2) is 4.03. The van der Waals surface area contributed by atoms with Crippen molar-refractivity contribution >= 4 is 15.4 Å². The molecule has 0 N–H and O–H groups in total. The van der Waals surface area contributed by atoms with Crippen LogP contribution >= 0.6 is 0 Å². The molecule has 0 aliphatic rings. The summed E-state index contributed by atoms with van der Waals surface area (Å²) < 4.78 is 0. The van der Waals surface area contributed by atoms with E-state index >= 15 is 0 Å². The Morgan fingerprint density at radius 2 is 1.80 bits per heavy atom. The third-order valence-corrected chi connectivity index (χ3v) is 2.15. The van der Waals surface area contributed by atoms with Crippen LogP contribution in [0.25, 0.3) is 0 Å². The van der Waals surface area contributed by atoms with Crippen LogP contribution in [0.15, 0.2) is 18.2 Å². The molecule has 0 nitrogen and oxygen atoms in total. The molecule has 2 radical (unpaired) electrons. The van der Waals surface area contributed by atoms with E-state index in [4.69, 9.17) is 0 Å². The molecule has 0 amide bonds. The van der Waals surface area contributed by atoms with Gasteiger partial charge in [0.15, 0.2) is 0 Å². The summed E-state index contributed by atoms with van der Waals surface area (Å²) in [5.41, 5.74) is 2.66. The summed E-state index contributed by atoms with van der Waals surface area (Å²) in [6.07, 6.45) is 0. The molecule has 0 aliphatic carbocycles. The van der Waals surface area contributed by atoms with Crippen molar-refractivity contribution in [2.45, 2.75) is 13.8 Å². The van der Waals surface area contributed by atoms with Crippen LogP contribution < -0.4 is 24.0 Å². The normalized spacial score (nSPS) is 8.60. The van der Waals surface area contributed by atoms with Gasteiger partial charge >= 0.3 is 18.9 Å². The Balaban J connectivity index is 0.000000810. The zero-order valence-corrected chi connectivity index (χ0v) is 7.73. The standard InChI is InChI=1S/C8H9Si.Li/c1-6-4-3-5-8(9)7(6)2;/h3-5H,1-2H3;/q-1;+1. The number of rotatable bonds is 0. The molecule has 1 aromatic carbocycles. The minimum absolute atomic E-state index is 0. The first-order valence-electron chi connectivity index (χ1n) is 2.99. The van der Waals surface area contributed by atoms with Gasteiger partial charge in [-0.3, -0.25) is 5.19 Å². The molecule has 0 spiro atoms. The van der Waals surface area contributed by atoms with Crippen LogP contribution in [0.1, 0.15) is 11.1 Å². The minimum atomic E-state index is 0. The maximum Gasteiger partial charge on any atom is 1.00 e. The molecule has 10 heavy (non-hydrogen) atoms. The van der Waals surface area contributed by atoms with Crippen molar-refractivity contribution < 1.29 is 18.9 Å². The van der Waals surface area contributed by atoms with Crippen molar-refractivity contribution in [3.05, 3.63) is 29.3 Å². The predicted molar refractivity (Wildman–Crippen MR) is 41.3 cm³/mol. The Labute approximate surface area is 77.6 Å². The van der Waals surface area contributed by atoms with Gasteiger partial charge < -0.3 is 10.2 Å². The second-order valence-electron chi connectivity index (χ2n) is 2.25. The first-order chi connectivity index (χ1) is 4.22. The summed E-state index contributed by atoms with van der Waals surface area (Å²) in [6, 6.07) is 6.21. The molecule has 0 fully saturated rings. The van der Waals surface area contributed by atoms with Crippen molar-refractivity contribution in [2.24, 2.45) is 0 Å². The molecule has 1 rings (SSSR count). The largest absolute Gasteiger partial charge is 1.00 e. The zero-order chi connectivity index (χ0) is 6.85. The molecule has 0 atom stereocenters. The average molecular weight is 140 g/mol. The van der Waals surface area contributed by atoms with E-state index in [1.54, 1.807) is 0 Å². The molecule has 2 heteroatoms. The van der Waals surface area contributed by atoms with Gasteiger partial charge in [-0.15, -0.1) is 0 Å². The van der Waals surface area contributed by atoms with Gasteiger partial charge in [0.25, 0.3) is 0 Å². The van der Waals surface area contributed by atoms with Gasteiger partial charge in [0.1, 0.15) is 0 Å². The van der Waals surface area contributed by atoms with E-state index in [9.17, 15) is 0 Å². The summed E-state index contributed by atoms with van der Waals surface area (Å²) >= 11 is 0. The fraction of sp³-hybridized carbons (Fsp3) is 0.250. The maximum absolute atomic E-state index is 3.49. The molecule has 0 unspecified atom stereocenters. The summed E-state index contributed by atoms with van der Waals surface area (Å²) in [5, 5.41) is 1.19. The third-order valence-electron chi connectivity index (χ3n) is 1.60. The second-order valence-corrected chi connectivity index (χ2v) is 2.79. The van der Waals surface area contributed by atoms with Gasteiger partial charge in [-0.2, -0.15) is 0 Å². The zero-order valence-electron chi connectivity index (χ0n) is 6.73. The van der Waals surface area contributed by atoms with Crippen LogP contribution in [0.2, 0.25) is 0 Å². The van der Waals surface area contributed by atoms with Gasteiger partial charge in [0, 0.05) is 0 Å². The summed E-state index contributed by atoms with van der Waals surface area (Å²) in [5.74, 6) is 0. The van der Waals surface area contributed by atoms with E-state index in [0.29, 0.717) is 0 Å². The fourth-order valence-electron chi connectivity index (χ4n) is 0.751. The Bertz CT molecular complexity index is 200. The first kappa shape index (κ1) is 10.0. The van der Waals surface area contributed by atoms with E-state index in [1.165, 1.54) is 16.3 Å². The predicted octanol–water partition coefficient (Wildman–Crippen LogP) is -1.90. The number of hydrogen-bond donors (Lipinski definition) is 0. The fourth-order valence-corrected chi connectivity index (χ4v) is 1.04. The quantitative estimate of drug-likeness (QED) is 0.369. The van der Waals surface area contributed by atoms with Crippen LogP contribution in [0.3, 0.4) is 0 Å². The third kappa shape index (κ3) is 2.02. The van der Waals surface area contributed by atoms with Gasteiger partial charge in [0.2, 0.25) is 0 Å². The van der Waals surface area contributed by atoms with Crippen molar-refractivity contribution in [3.63, 3.8) is 0 Å². The van der Waals surface area contributed by atoms with Crippen LogP contribution in [-0.4, -0.2) is 10.2 Å². The number of benzene rings is 1. The van der Waals surface area contributed by atoms with E-state index in [1.807, 2.05) is 6.07 Å². The summed E-state index contributed by atoms with van der Waals surface area (Å²) in [7, 11) is 3.49. The molecule has 0 saturated heterocycles. The van der Waals surface area contributed by atoms with Crippen molar-refractivity contribution in [2.75, 3.05) is 0 Å². The molecule has 1 aromatic rings. The van der Waals surface area contributed by atoms with Crippen molar-refractivity contribution in [1.82, 2.24) is 0 Å². The topological polar surface area (TPSA) is 0 Å². The van der Waals surface area contributed by atoms with Gasteiger partial charge in [-0.05, 0) is 13.8 Å². The maximum atomic E-state index is 3.49. The Morgan fingerprint density at radius 1 is 1.20 bits per heavy atom. The number of aryl methyl sites for hydroxylation is 1. The molecular formula is C8H9LiSi. The van der Waals surface area contributed by atoms with Gasteiger partial charge in [-0.25, -0.2) is 0 Å². The minimum Gasteiger partial charge on any atom is -0.652 e. The first-order valence-corrected chi connectivity index (χ1v) is 3.49. The summed E-state index contributed by atoms with van der Waals surface area (Å²) in [4.78, 5) is 0. The van der Waals surface area contributed by atoms with Crippen LogP contribution in [0, 0.1) is 13.8 Å². The molecule has 0 heterocycles. The average Bonchev–Trinajstić information content (AvgIpc) is 1.83. The Kier molecular flexibility index (Phi) is 4.04. The molecule has 0 saturated carbocycles. The monoisotopic (exact) mass is 140 g/mol. The molecule has 0 aliphatic heterocycles. The van der Waals surface area contributed by atoms with E-state index in [2.05, 4.69) is 36.2 Å². The Morgan fingerprint density at radius 3 is 2.20 bits per heavy atom. The van der Waals surface area contributed by atoms with E-state index in [-0.39, 0.29) is 18.9 Å². The van der Waals surface area contributed by atoms with Crippen molar-refractivity contribution in [1.29, 1.82) is 0 Å². The Hall–Kier alpha value is 0.0343. The molecule has 0 aromatic heterocycles. The SMILES string of the molecule is Cc1cccc([Si-])c1C.[Li+]. The van der Waals surface area contributed by atoms with E-state index < -0.39 is 0 Å².